The summed E-state index contributed by atoms with van der Waals surface area (Å²) in [7, 11) is -7.69. The van der Waals surface area contributed by atoms with Crippen molar-refractivity contribution >= 4 is 33.8 Å². The van der Waals surface area contributed by atoms with Crippen molar-refractivity contribution in [3.63, 3.8) is 0 Å². The highest BCUT2D eigenvalue weighted by Gasteiger charge is 2.48. The molecule has 0 amide bonds. The standard InChI is InChI=1S/C11H31O3Si4/c1-11-18(12-15(2,3)4,13-16(5,6)7)14-17(8,9)10/h1,11H2,2-10H3. The predicted octanol–water partition coefficient (Wildman–Crippen LogP) is 4.31. The van der Waals surface area contributed by atoms with Crippen LogP contribution in [0.25, 0.3) is 0 Å². The summed E-state index contributed by atoms with van der Waals surface area (Å²) in [6.45, 7) is 23.7. The number of rotatable bonds is 7. The maximum atomic E-state index is 6.37. The fourth-order valence-electron chi connectivity index (χ4n) is 1.62. The van der Waals surface area contributed by atoms with Crippen LogP contribution in [-0.4, -0.2) is 33.8 Å². The SMILES string of the molecule is [CH2]C[Si](O[Si](C)(C)C)(O[Si](C)(C)C)O[Si](C)(C)C. The monoisotopic (exact) mass is 323 g/mol. The van der Waals surface area contributed by atoms with E-state index in [-0.39, 0.29) is 0 Å². The van der Waals surface area contributed by atoms with Crippen LogP contribution in [0.2, 0.25) is 65.0 Å². The van der Waals surface area contributed by atoms with Gasteiger partial charge in [0.15, 0.2) is 25.0 Å². The Labute approximate surface area is 118 Å². The van der Waals surface area contributed by atoms with Gasteiger partial charge in [-0.05, 0) is 65.8 Å². The summed E-state index contributed by atoms with van der Waals surface area (Å²) >= 11 is 0. The third-order valence-electron chi connectivity index (χ3n) is 1.69. The van der Waals surface area contributed by atoms with Crippen LogP contribution in [0.3, 0.4) is 0 Å². The molecule has 0 saturated heterocycles. The minimum atomic E-state index is -2.60. The molecule has 7 heteroatoms. The number of hydrogen-bond donors (Lipinski definition) is 0. The van der Waals surface area contributed by atoms with E-state index in [9.17, 15) is 0 Å². The van der Waals surface area contributed by atoms with Crippen LogP contribution >= 0.6 is 0 Å². The second-order valence-electron chi connectivity index (χ2n) is 7.58. The molecule has 0 N–H and O–H groups in total. The Kier molecular flexibility index (Phi) is 6.27. The van der Waals surface area contributed by atoms with Crippen molar-refractivity contribution in [1.82, 2.24) is 0 Å². The zero-order chi connectivity index (χ0) is 14.8. The molecule has 0 unspecified atom stereocenters. The van der Waals surface area contributed by atoms with Crippen LogP contribution in [0.15, 0.2) is 0 Å². The van der Waals surface area contributed by atoms with Gasteiger partial charge in [0.1, 0.15) is 0 Å². The molecule has 0 rings (SSSR count). The quantitative estimate of drug-likeness (QED) is 0.653. The van der Waals surface area contributed by atoms with Gasteiger partial charge in [-0.1, -0.05) is 0 Å². The van der Waals surface area contributed by atoms with Gasteiger partial charge in [-0.15, -0.1) is 0 Å². The smallest absolute Gasteiger partial charge is 0.417 e. The van der Waals surface area contributed by atoms with E-state index in [4.69, 9.17) is 12.3 Å². The van der Waals surface area contributed by atoms with Crippen LogP contribution < -0.4 is 0 Å². The third-order valence-corrected chi connectivity index (χ3v) is 13.4. The van der Waals surface area contributed by atoms with Gasteiger partial charge in [0.05, 0.1) is 0 Å². The van der Waals surface area contributed by atoms with Gasteiger partial charge >= 0.3 is 8.80 Å². The van der Waals surface area contributed by atoms with Gasteiger partial charge in [-0.3, -0.25) is 0 Å². The van der Waals surface area contributed by atoms with Crippen molar-refractivity contribution in [2.45, 2.75) is 65.0 Å². The Bertz CT molecular complexity index is 222. The fourth-order valence-corrected chi connectivity index (χ4v) is 15.7. The van der Waals surface area contributed by atoms with Gasteiger partial charge in [0.25, 0.3) is 0 Å². The van der Waals surface area contributed by atoms with Crippen molar-refractivity contribution in [2.24, 2.45) is 0 Å². The zero-order valence-electron chi connectivity index (χ0n) is 13.6. The van der Waals surface area contributed by atoms with Crippen LogP contribution in [0, 0.1) is 6.92 Å². The minimum absolute atomic E-state index is 0.631. The molecule has 0 aliphatic heterocycles. The highest BCUT2D eigenvalue weighted by Crippen LogP contribution is 2.28. The van der Waals surface area contributed by atoms with Gasteiger partial charge < -0.3 is 12.3 Å². The second kappa shape index (κ2) is 6.02. The Morgan fingerprint density at radius 3 is 0.944 bits per heavy atom. The first-order valence-electron chi connectivity index (χ1n) is 6.58. The molecule has 0 aromatic heterocycles. The predicted molar refractivity (Wildman–Crippen MR) is 89.2 cm³/mol. The lowest BCUT2D eigenvalue weighted by molar-refractivity contribution is 0.256. The Hall–Kier alpha value is 0.748. The molecular weight excluding hydrogens is 292 g/mol. The van der Waals surface area contributed by atoms with E-state index < -0.39 is 33.8 Å². The fraction of sp³-hybridized carbons (Fsp3) is 0.909. The maximum absolute atomic E-state index is 6.37. The lowest BCUT2D eigenvalue weighted by atomic mass is 11.0. The van der Waals surface area contributed by atoms with Crippen molar-refractivity contribution in [1.29, 1.82) is 0 Å². The van der Waals surface area contributed by atoms with E-state index in [2.05, 4.69) is 65.8 Å². The molecule has 0 aliphatic rings. The molecule has 0 atom stereocenters. The van der Waals surface area contributed by atoms with E-state index in [0.29, 0.717) is 6.04 Å². The van der Waals surface area contributed by atoms with Crippen molar-refractivity contribution in [2.75, 3.05) is 0 Å². The number of hydrogen-bond acceptors (Lipinski definition) is 3. The van der Waals surface area contributed by atoms with Crippen molar-refractivity contribution < 1.29 is 12.3 Å². The molecule has 0 heterocycles. The molecule has 1 radical (unpaired) electrons. The second-order valence-corrected chi connectivity index (χ2v) is 24.6. The molecule has 18 heavy (non-hydrogen) atoms. The summed E-state index contributed by atoms with van der Waals surface area (Å²) in [5.74, 6) is 0. The lowest BCUT2D eigenvalue weighted by Gasteiger charge is -2.42. The van der Waals surface area contributed by atoms with Crippen molar-refractivity contribution in [3.8, 4) is 0 Å². The van der Waals surface area contributed by atoms with Crippen molar-refractivity contribution in [3.05, 3.63) is 6.92 Å². The highest BCUT2D eigenvalue weighted by molar-refractivity contribution is 6.90. The first-order chi connectivity index (χ1) is 7.68. The van der Waals surface area contributed by atoms with Crippen LogP contribution in [0.5, 0.6) is 0 Å². The molecule has 0 spiro atoms. The summed E-state index contributed by atoms with van der Waals surface area (Å²) in [6, 6.07) is 0.631. The lowest BCUT2D eigenvalue weighted by Crippen LogP contribution is -2.60. The van der Waals surface area contributed by atoms with E-state index >= 15 is 0 Å². The highest BCUT2D eigenvalue weighted by atomic mass is 28.5. The van der Waals surface area contributed by atoms with Gasteiger partial charge in [-0.2, -0.15) is 0 Å². The molecule has 109 valence electrons. The van der Waals surface area contributed by atoms with E-state index in [1.54, 1.807) is 0 Å². The van der Waals surface area contributed by atoms with Gasteiger partial charge in [-0.25, -0.2) is 0 Å². The van der Waals surface area contributed by atoms with Crippen LogP contribution in [-0.2, 0) is 12.3 Å². The molecule has 0 fully saturated rings. The van der Waals surface area contributed by atoms with Gasteiger partial charge in [0.2, 0.25) is 0 Å². The minimum Gasteiger partial charge on any atom is -0.417 e. The summed E-state index contributed by atoms with van der Waals surface area (Å²) in [5.41, 5.74) is 0. The normalized spacial score (nSPS) is 15.0. The Balaban J connectivity index is 5.20. The zero-order valence-corrected chi connectivity index (χ0v) is 17.6. The third kappa shape index (κ3) is 8.78. The average Bonchev–Trinajstić information content (AvgIpc) is 1.93. The summed E-state index contributed by atoms with van der Waals surface area (Å²) in [5, 5.41) is 0. The van der Waals surface area contributed by atoms with E-state index in [1.807, 2.05) is 0 Å². The summed E-state index contributed by atoms with van der Waals surface area (Å²) in [6.07, 6.45) is 0. The molecule has 0 bridgehead atoms. The summed E-state index contributed by atoms with van der Waals surface area (Å²) < 4.78 is 19.1. The molecule has 3 nitrogen and oxygen atoms in total. The van der Waals surface area contributed by atoms with Crippen LogP contribution in [0.4, 0.5) is 0 Å². The van der Waals surface area contributed by atoms with E-state index in [0.717, 1.165) is 0 Å². The molecule has 0 aliphatic carbocycles. The molecular formula is C11H31O3Si4. The Morgan fingerprint density at radius 1 is 0.611 bits per heavy atom. The topological polar surface area (TPSA) is 27.7 Å². The summed E-state index contributed by atoms with van der Waals surface area (Å²) in [4.78, 5) is 0. The first-order valence-corrected chi connectivity index (χ1v) is 18.7. The average molecular weight is 324 g/mol. The molecule has 0 aromatic rings. The van der Waals surface area contributed by atoms with Crippen LogP contribution in [0.1, 0.15) is 0 Å². The molecule has 0 aromatic carbocycles. The Morgan fingerprint density at radius 2 is 0.833 bits per heavy atom. The molecule has 0 saturated carbocycles. The van der Waals surface area contributed by atoms with E-state index in [1.165, 1.54) is 0 Å². The first kappa shape index (κ1) is 18.7. The maximum Gasteiger partial charge on any atom is 0.469 e. The van der Waals surface area contributed by atoms with Gasteiger partial charge in [0, 0.05) is 6.04 Å². The largest absolute Gasteiger partial charge is 0.469 e.